The lowest BCUT2D eigenvalue weighted by Gasteiger charge is -2.18. The summed E-state index contributed by atoms with van der Waals surface area (Å²) < 4.78 is 16.0. The van der Waals surface area contributed by atoms with Crippen molar-refractivity contribution in [2.24, 2.45) is 0 Å². The molecule has 1 unspecified atom stereocenters. The highest BCUT2D eigenvalue weighted by Crippen LogP contribution is 2.38. The van der Waals surface area contributed by atoms with Gasteiger partial charge in [0.2, 0.25) is 5.75 Å². The Morgan fingerprint density at radius 1 is 1.00 bits per heavy atom. The van der Waals surface area contributed by atoms with Gasteiger partial charge >= 0.3 is 6.03 Å². The fraction of sp³-hybridized carbons (Fsp3) is 0.381. The number of carbonyl (C=O) groups excluding carboxylic acids is 1. The van der Waals surface area contributed by atoms with Crippen molar-refractivity contribution in [2.45, 2.75) is 33.4 Å². The highest BCUT2D eigenvalue weighted by Gasteiger charge is 2.15. The third-order valence-electron chi connectivity index (χ3n) is 4.43. The van der Waals surface area contributed by atoms with Gasteiger partial charge in [-0.1, -0.05) is 23.8 Å². The van der Waals surface area contributed by atoms with Gasteiger partial charge in [0.05, 0.1) is 27.4 Å². The highest BCUT2D eigenvalue weighted by molar-refractivity contribution is 5.74. The van der Waals surface area contributed by atoms with Gasteiger partial charge in [0, 0.05) is 6.54 Å². The minimum atomic E-state index is -0.239. The molecule has 0 saturated carbocycles. The van der Waals surface area contributed by atoms with Crippen LogP contribution in [0.2, 0.25) is 0 Å². The van der Waals surface area contributed by atoms with E-state index in [4.69, 9.17) is 14.2 Å². The van der Waals surface area contributed by atoms with Crippen LogP contribution in [-0.4, -0.2) is 27.4 Å². The van der Waals surface area contributed by atoms with Gasteiger partial charge in [-0.2, -0.15) is 0 Å². The molecule has 2 rings (SSSR count). The minimum Gasteiger partial charge on any atom is -0.493 e. The largest absolute Gasteiger partial charge is 0.493 e. The molecule has 0 aliphatic rings. The normalized spacial score (nSPS) is 11.5. The first-order valence-corrected chi connectivity index (χ1v) is 8.80. The van der Waals surface area contributed by atoms with E-state index in [0.29, 0.717) is 23.8 Å². The summed E-state index contributed by atoms with van der Waals surface area (Å²) in [4.78, 5) is 12.3. The van der Waals surface area contributed by atoms with Crippen molar-refractivity contribution in [3.05, 3.63) is 52.6 Å². The lowest BCUT2D eigenvalue weighted by atomic mass is 10.0. The maximum atomic E-state index is 12.3. The molecule has 0 aliphatic carbocycles. The Morgan fingerprint density at radius 3 is 2.19 bits per heavy atom. The molecule has 0 saturated heterocycles. The Balaban J connectivity index is 2.04. The van der Waals surface area contributed by atoms with Gasteiger partial charge in [0.1, 0.15) is 0 Å². The van der Waals surface area contributed by atoms with E-state index in [-0.39, 0.29) is 12.1 Å². The van der Waals surface area contributed by atoms with Crippen LogP contribution in [0.3, 0.4) is 0 Å². The van der Waals surface area contributed by atoms with E-state index in [1.165, 1.54) is 5.56 Å². The standard InChI is InChI=1S/C21H28N2O4/c1-13-7-8-14(2)17(9-13)15(3)23-21(24)22-12-16-10-18(25-4)20(27-6)19(11-16)26-5/h7-11,15H,12H2,1-6H3,(H2,22,23,24). The first-order chi connectivity index (χ1) is 12.9. The molecule has 1 atom stereocenters. The number of urea groups is 1. The molecule has 2 aromatic rings. The third-order valence-corrected chi connectivity index (χ3v) is 4.43. The van der Waals surface area contributed by atoms with Gasteiger partial charge in [-0.3, -0.25) is 0 Å². The van der Waals surface area contributed by atoms with E-state index in [2.05, 4.69) is 28.8 Å². The molecule has 146 valence electrons. The third kappa shape index (κ3) is 5.06. The Bertz CT molecular complexity index is 780. The summed E-state index contributed by atoms with van der Waals surface area (Å²) in [6.45, 7) is 6.39. The second-order valence-corrected chi connectivity index (χ2v) is 6.44. The highest BCUT2D eigenvalue weighted by atomic mass is 16.5. The van der Waals surface area contributed by atoms with Crippen molar-refractivity contribution in [3.8, 4) is 17.2 Å². The molecule has 0 heterocycles. The fourth-order valence-electron chi connectivity index (χ4n) is 2.97. The maximum absolute atomic E-state index is 12.3. The Kier molecular flexibility index (Phi) is 6.93. The van der Waals surface area contributed by atoms with Crippen LogP contribution in [0.25, 0.3) is 0 Å². The SMILES string of the molecule is COc1cc(CNC(=O)NC(C)c2cc(C)ccc2C)cc(OC)c1OC. The summed E-state index contributed by atoms with van der Waals surface area (Å²) >= 11 is 0. The molecule has 27 heavy (non-hydrogen) atoms. The number of hydrogen-bond donors (Lipinski definition) is 2. The number of hydrogen-bond acceptors (Lipinski definition) is 4. The number of benzene rings is 2. The molecule has 0 aliphatic heterocycles. The summed E-state index contributed by atoms with van der Waals surface area (Å²) in [7, 11) is 4.68. The number of aryl methyl sites for hydroxylation is 2. The lowest BCUT2D eigenvalue weighted by molar-refractivity contribution is 0.237. The van der Waals surface area contributed by atoms with Gasteiger partial charge in [0.25, 0.3) is 0 Å². The van der Waals surface area contributed by atoms with Crippen molar-refractivity contribution in [2.75, 3.05) is 21.3 Å². The molecule has 2 aromatic carbocycles. The van der Waals surface area contributed by atoms with Crippen LogP contribution in [0.15, 0.2) is 30.3 Å². The molecule has 2 N–H and O–H groups in total. The van der Waals surface area contributed by atoms with Gasteiger partial charge in [0.15, 0.2) is 11.5 Å². The zero-order valence-corrected chi connectivity index (χ0v) is 16.8. The Labute approximate surface area is 160 Å². The van der Waals surface area contributed by atoms with E-state index >= 15 is 0 Å². The zero-order valence-electron chi connectivity index (χ0n) is 16.8. The van der Waals surface area contributed by atoms with E-state index < -0.39 is 0 Å². The molecule has 0 fully saturated rings. The number of nitrogens with one attached hydrogen (secondary N) is 2. The molecule has 0 bridgehead atoms. The fourth-order valence-corrected chi connectivity index (χ4v) is 2.97. The molecule has 0 radical (unpaired) electrons. The number of rotatable bonds is 7. The van der Waals surface area contributed by atoms with Crippen molar-refractivity contribution < 1.29 is 19.0 Å². The topological polar surface area (TPSA) is 68.8 Å². The van der Waals surface area contributed by atoms with Crippen LogP contribution in [0.5, 0.6) is 17.2 Å². The number of ether oxygens (including phenoxy) is 3. The first kappa shape index (κ1) is 20.4. The van der Waals surface area contributed by atoms with E-state index in [1.54, 1.807) is 21.3 Å². The molecule has 6 nitrogen and oxygen atoms in total. The van der Waals surface area contributed by atoms with Gasteiger partial charge in [-0.05, 0) is 49.6 Å². The summed E-state index contributed by atoms with van der Waals surface area (Å²) in [5.41, 5.74) is 4.28. The van der Waals surface area contributed by atoms with Gasteiger partial charge in [-0.25, -0.2) is 4.79 Å². The maximum Gasteiger partial charge on any atom is 0.315 e. The first-order valence-electron chi connectivity index (χ1n) is 8.80. The van der Waals surface area contributed by atoms with Crippen molar-refractivity contribution in [1.82, 2.24) is 10.6 Å². The monoisotopic (exact) mass is 372 g/mol. The minimum absolute atomic E-state index is 0.0927. The van der Waals surface area contributed by atoms with E-state index in [9.17, 15) is 4.79 Å². The molecule has 6 heteroatoms. The summed E-state index contributed by atoms with van der Waals surface area (Å²) in [5.74, 6) is 1.63. The van der Waals surface area contributed by atoms with Gasteiger partial charge < -0.3 is 24.8 Å². The average molecular weight is 372 g/mol. The molecule has 0 spiro atoms. The summed E-state index contributed by atoms with van der Waals surface area (Å²) in [6, 6.07) is 9.53. The zero-order chi connectivity index (χ0) is 20.0. The molecular formula is C21H28N2O4. The van der Waals surface area contributed by atoms with Crippen molar-refractivity contribution in [3.63, 3.8) is 0 Å². The molecule has 2 amide bonds. The van der Waals surface area contributed by atoms with E-state index in [0.717, 1.165) is 16.7 Å². The smallest absolute Gasteiger partial charge is 0.315 e. The van der Waals surface area contributed by atoms with Crippen LogP contribution in [0, 0.1) is 13.8 Å². The molecule has 0 aromatic heterocycles. The quantitative estimate of drug-likeness (QED) is 0.774. The molecular weight excluding hydrogens is 344 g/mol. The summed E-state index contributed by atoms with van der Waals surface area (Å²) in [5, 5.41) is 5.85. The Morgan fingerprint density at radius 2 is 1.63 bits per heavy atom. The summed E-state index contributed by atoms with van der Waals surface area (Å²) in [6.07, 6.45) is 0. The van der Waals surface area contributed by atoms with Crippen LogP contribution < -0.4 is 24.8 Å². The van der Waals surface area contributed by atoms with Crippen LogP contribution in [0.1, 0.15) is 35.2 Å². The van der Waals surface area contributed by atoms with E-state index in [1.807, 2.05) is 32.9 Å². The average Bonchev–Trinajstić information content (AvgIpc) is 2.67. The van der Waals surface area contributed by atoms with Crippen LogP contribution >= 0.6 is 0 Å². The van der Waals surface area contributed by atoms with Crippen LogP contribution in [0.4, 0.5) is 4.79 Å². The Hall–Kier alpha value is -2.89. The van der Waals surface area contributed by atoms with Gasteiger partial charge in [-0.15, -0.1) is 0 Å². The number of methoxy groups -OCH3 is 3. The lowest BCUT2D eigenvalue weighted by Crippen LogP contribution is -2.36. The predicted molar refractivity (Wildman–Crippen MR) is 106 cm³/mol. The second-order valence-electron chi connectivity index (χ2n) is 6.44. The number of amides is 2. The van der Waals surface area contributed by atoms with Crippen molar-refractivity contribution in [1.29, 1.82) is 0 Å². The van der Waals surface area contributed by atoms with Crippen LogP contribution in [-0.2, 0) is 6.54 Å². The second kappa shape index (κ2) is 9.16. The van der Waals surface area contributed by atoms with Crippen molar-refractivity contribution >= 4 is 6.03 Å². The predicted octanol–water partition coefficient (Wildman–Crippen LogP) is 3.89. The number of carbonyl (C=O) groups is 1.